The van der Waals surface area contributed by atoms with Gasteiger partial charge in [-0.2, -0.15) is 0 Å². The quantitative estimate of drug-likeness (QED) is 0.714. The van der Waals surface area contributed by atoms with Crippen LogP contribution in [0.4, 0.5) is 0 Å². The number of aliphatic hydroxyl groups excluding tert-OH is 1. The molecule has 2 atom stereocenters. The standard InChI is InChI=1S/C23H27NO2/c1-2-17-10-12-18(13-11-17)14-19-15-24(22-8-4-3-7-21(19)22)23-9-5-6-20(16-25)26-23/h3-4,7-8,10-13,15,20,23,25H,2,5-6,9,14,16H2,1H3/t20-,23+/m0/s1. The van der Waals surface area contributed by atoms with Crippen molar-refractivity contribution in [3.8, 4) is 0 Å². The Balaban J connectivity index is 1.67. The number of aromatic nitrogens is 1. The van der Waals surface area contributed by atoms with Crippen LogP contribution < -0.4 is 0 Å². The molecule has 1 fully saturated rings. The predicted molar refractivity (Wildman–Crippen MR) is 105 cm³/mol. The molecule has 26 heavy (non-hydrogen) atoms. The molecule has 3 aromatic rings. The Bertz CT molecular complexity index is 866. The molecule has 0 unspecified atom stereocenters. The minimum Gasteiger partial charge on any atom is -0.394 e. The third kappa shape index (κ3) is 3.42. The summed E-state index contributed by atoms with van der Waals surface area (Å²) in [6.45, 7) is 2.29. The number of benzene rings is 2. The summed E-state index contributed by atoms with van der Waals surface area (Å²) in [5, 5.41) is 10.8. The van der Waals surface area contributed by atoms with Crippen molar-refractivity contribution in [1.29, 1.82) is 0 Å². The Morgan fingerprint density at radius 1 is 1.04 bits per heavy atom. The van der Waals surface area contributed by atoms with E-state index in [0.29, 0.717) is 0 Å². The Hall–Kier alpha value is -2.10. The molecule has 2 heterocycles. The van der Waals surface area contributed by atoms with Crippen LogP contribution in [-0.4, -0.2) is 22.4 Å². The first-order valence-corrected chi connectivity index (χ1v) is 9.71. The number of hydrogen-bond acceptors (Lipinski definition) is 2. The molecular weight excluding hydrogens is 322 g/mol. The zero-order valence-electron chi connectivity index (χ0n) is 15.4. The lowest BCUT2D eigenvalue weighted by Gasteiger charge is -2.30. The third-order valence-electron chi connectivity index (χ3n) is 5.49. The van der Waals surface area contributed by atoms with E-state index in [4.69, 9.17) is 4.74 Å². The van der Waals surface area contributed by atoms with Crippen molar-refractivity contribution in [2.24, 2.45) is 0 Å². The highest BCUT2D eigenvalue weighted by atomic mass is 16.5. The van der Waals surface area contributed by atoms with Crippen LogP contribution >= 0.6 is 0 Å². The van der Waals surface area contributed by atoms with E-state index in [1.54, 1.807) is 0 Å². The van der Waals surface area contributed by atoms with Crippen LogP contribution in [0.15, 0.2) is 54.7 Å². The molecule has 1 aromatic heterocycles. The largest absolute Gasteiger partial charge is 0.394 e. The van der Waals surface area contributed by atoms with Gasteiger partial charge >= 0.3 is 0 Å². The number of para-hydroxylation sites is 1. The van der Waals surface area contributed by atoms with E-state index in [0.717, 1.165) is 32.1 Å². The number of nitrogens with zero attached hydrogens (tertiary/aromatic N) is 1. The third-order valence-corrected chi connectivity index (χ3v) is 5.49. The molecule has 0 saturated carbocycles. The molecule has 1 aliphatic heterocycles. The Kier molecular flexibility index (Phi) is 5.09. The number of fused-ring (bicyclic) bond motifs is 1. The molecule has 0 aliphatic carbocycles. The van der Waals surface area contributed by atoms with Gasteiger partial charge in [0.2, 0.25) is 0 Å². The molecule has 136 valence electrons. The zero-order valence-corrected chi connectivity index (χ0v) is 15.4. The molecule has 0 radical (unpaired) electrons. The van der Waals surface area contributed by atoms with E-state index >= 15 is 0 Å². The molecular formula is C23H27NO2. The molecule has 2 aromatic carbocycles. The van der Waals surface area contributed by atoms with Gasteiger partial charge in [-0.25, -0.2) is 0 Å². The van der Waals surface area contributed by atoms with Crippen molar-refractivity contribution in [3.63, 3.8) is 0 Å². The van der Waals surface area contributed by atoms with Crippen LogP contribution in [0.2, 0.25) is 0 Å². The summed E-state index contributed by atoms with van der Waals surface area (Å²) in [5.41, 5.74) is 5.26. The van der Waals surface area contributed by atoms with Crippen molar-refractivity contribution in [2.45, 2.75) is 51.4 Å². The minimum atomic E-state index is -0.0417. The highest BCUT2D eigenvalue weighted by molar-refractivity contribution is 5.84. The summed E-state index contributed by atoms with van der Waals surface area (Å²) in [7, 11) is 0. The molecule has 1 saturated heterocycles. The highest BCUT2D eigenvalue weighted by Crippen LogP contribution is 2.33. The fourth-order valence-electron chi connectivity index (χ4n) is 3.99. The van der Waals surface area contributed by atoms with Crippen LogP contribution in [0, 0.1) is 0 Å². The normalized spacial score (nSPS) is 20.5. The van der Waals surface area contributed by atoms with Gasteiger partial charge in [0.05, 0.1) is 18.2 Å². The molecule has 3 heteroatoms. The molecule has 3 nitrogen and oxygen atoms in total. The monoisotopic (exact) mass is 349 g/mol. The number of ether oxygens (including phenoxy) is 1. The summed E-state index contributed by atoms with van der Waals surface area (Å²) in [6.07, 6.45) is 7.27. The van der Waals surface area contributed by atoms with Crippen molar-refractivity contribution in [2.75, 3.05) is 6.61 Å². The van der Waals surface area contributed by atoms with E-state index in [9.17, 15) is 5.11 Å². The van der Waals surface area contributed by atoms with Crippen LogP contribution in [0.5, 0.6) is 0 Å². The van der Waals surface area contributed by atoms with Gasteiger partial charge in [0.1, 0.15) is 6.23 Å². The smallest absolute Gasteiger partial charge is 0.134 e. The van der Waals surface area contributed by atoms with Crippen molar-refractivity contribution < 1.29 is 9.84 Å². The van der Waals surface area contributed by atoms with Gasteiger partial charge in [-0.15, -0.1) is 0 Å². The molecule has 0 spiro atoms. The van der Waals surface area contributed by atoms with E-state index in [2.05, 4.69) is 66.2 Å². The average molecular weight is 349 g/mol. The van der Waals surface area contributed by atoms with Crippen LogP contribution in [0.25, 0.3) is 10.9 Å². The van der Waals surface area contributed by atoms with Gasteiger partial charge in [0, 0.05) is 11.6 Å². The fraction of sp³-hybridized carbons (Fsp3) is 0.391. The summed E-state index contributed by atoms with van der Waals surface area (Å²) in [5.74, 6) is 0. The molecule has 4 rings (SSSR count). The summed E-state index contributed by atoms with van der Waals surface area (Å²) < 4.78 is 8.41. The number of aryl methyl sites for hydroxylation is 1. The first-order chi connectivity index (χ1) is 12.8. The number of hydrogen-bond donors (Lipinski definition) is 1. The second kappa shape index (κ2) is 7.65. The average Bonchev–Trinajstić information content (AvgIpc) is 3.07. The second-order valence-electron chi connectivity index (χ2n) is 7.25. The van der Waals surface area contributed by atoms with Crippen LogP contribution in [0.1, 0.15) is 49.1 Å². The van der Waals surface area contributed by atoms with E-state index < -0.39 is 0 Å². The topological polar surface area (TPSA) is 34.4 Å². The Morgan fingerprint density at radius 2 is 1.81 bits per heavy atom. The van der Waals surface area contributed by atoms with Crippen LogP contribution in [0.3, 0.4) is 0 Å². The van der Waals surface area contributed by atoms with Crippen molar-refractivity contribution in [1.82, 2.24) is 4.57 Å². The maximum Gasteiger partial charge on any atom is 0.134 e. The minimum absolute atomic E-state index is 0.0158. The van der Waals surface area contributed by atoms with Gasteiger partial charge in [0.15, 0.2) is 0 Å². The lowest BCUT2D eigenvalue weighted by atomic mass is 10.0. The van der Waals surface area contributed by atoms with Gasteiger partial charge in [-0.3, -0.25) is 0 Å². The van der Waals surface area contributed by atoms with Gasteiger partial charge in [-0.05, 0) is 54.9 Å². The highest BCUT2D eigenvalue weighted by Gasteiger charge is 2.24. The lowest BCUT2D eigenvalue weighted by molar-refractivity contribution is -0.105. The molecule has 0 amide bonds. The SMILES string of the molecule is CCc1ccc(Cc2cn([C@H]3CCC[C@@H](CO)O3)c3ccccc23)cc1. The summed E-state index contributed by atoms with van der Waals surface area (Å²) in [4.78, 5) is 0. The zero-order chi connectivity index (χ0) is 17.9. The summed E-state index contributed by atoms with van der Waals surface area (Å²) >= 11 is 0. The number of aliphatic hydroxyl groups is 1. The summed E-state index contributed by atoms with van der Waals surface area (Å²) in [6, 6.07) is 17.5. The molecule has 1 aliphatic rings. The van der Waals surface area contributed by atoms with Crippen LogP contribution in [-0.2, 0) is 17.6 Å². The number of rotatable bonds is 5. The second-order valence-corrected chi connectivity index (χ2v) is 7.25. The van der Waals surface area contributed by atoms with Gasteiger partial charge < -0.3 is 14.4 Å². The maximum atomic E-state index is 9.48. The molecule has 1 N–H and O–H groups in total. The van der Waals surface area contributed by atoms with Gasteiger partial charge in [-0.1, -0.05) is 49.4 Å². The maximum absolute atomic E-state index is 9.48. The first kappa shape index (κ1) is 17.3. The van der Waals surface area contributed by atoms with E-state index in [1.807, 2.05) is 0 Å². The predicted octanol–water partition coefficient (Wildman–Crippen LogP) is 4.85. The first-order valence-electron chi connectivity index (χ1n) is 9.71. The molecule has 0 bridgehead atoms. The fourth-order valence-corrected chi connectivity index (χ4v) is 3.99. The van der Waals surface area contributed by atoms with E-state index in [1.165, 1.54) is 27.6 Å². The van der Waals surface area contributed by atoms with Crippen molar-refractivity contribution >= 4 is 10.9 Å². The van der Waals surface area contributed by atoms with E-state index in [-0.39, 0.29) is 18.9 Å². The van der Waals surface area contributed by atoms with Crippen molar-refractivity contribution in [3.05, 3.63) is 71.4 Å². The lowest BCUT2D eigenvalue weighted by Crippen LogP contribution is -2.28. The van der Waals surface area contributed by atoms with Gasteiger partial charge in [0.25, 0.3) is 0 Å². The Labute approximate surface area is 155 Å². The Morgan fingerprint density at radius 3 is 2.58 bits per heavy atom.